The normalized spacial score (nSPS) is 14.9. The van der Waals surface area contributed by atoms with E-state index >= 15 is 0 Å². The van der Waals surface area contributed by atoms with E-state index in [4.69, 9.17) is 0 Å². The van der Waals surface area contributed by atoms with Crippen LogP contribution in [0.5, 0.6) is 0 Å². The summed E-state index contributed by atoms with van der Waals surface area (Å²) in [6, 6.07) is 14.5. The molecule has 0 saturated heterocycles. The highest BCUT2D eigenvalue weighted by Gasteiger charge is 2.23. The van der Waals surface area contributed by atoms with Crippen LogP contribution in [0.2, 0.25) is 0 Å². The van der Waals surface area contributed by atoms with E-state index in [1.807, 2.05) is 26.1 Å². The molecule has 0 aliphatic carbocycles. The van der Waals surface area contributed by atoms with Gasteiger partial charge in [-0.15, -0.1) is 0 Å². The molecule has 0 aromatic heterocycles. The highest BCUT2D eigenvalue weighted by molar-refractivity contribution is 5.83. The lowest BCUT2D eigenvalue weighted by molar-refractivity contribution is 0.183. The van der Waals surface area contributed by atoms with E-state index in [1.54, 1.807) is 0 Å². The molecule has 2 aromatic carbocycles. The van der Waals surface area contributed by atoms with Crippen molar-refractivity contribution in [1.29, 1.82) is 0 Å². The van der Waals surface area contributed by atoms with Gasteiger partial charge in [0.15, 0.2) is 0 Å². The molecule has 0 spiro atoms. The quantitative estimate of drug-likeness (QED) is 0.823. The molecule has 1 unspecified atom stereocenters. The fourth-order valence-corrected chi connectivity index (χ4v) is 1.85. The van der Waals surface area contributed by atoms with E-state index in [0.717, 1.165) is 5.56 Å². The second-order valence-electron chi connectivity index (χ2n) is 4.30. The zero-order valence-electron chi connectivity index (χ0n) is 9.70. The topological polar surface area (TPSA) is 32.3 Å². The van der Waals surface area contributed by atoms with Crippen LogP contribution in [-0.4, -0.2) is 18.8 Å². The first-order valence-corrected chi connectivity index (χ1v) is 5.49. The molecule has 2 heteroatoms. The Labute approximate surface area is 95.9 Å². The zero-order valence-corrected chi connectivity index (χ0v) is 9.70. The van der Waals surface area contributed by atoms with Crippen molar-refractivity contribution in [3.8, 4) is 0 Å². The van der Waals surface area contributed by atoms with E-state index in [0.29, 0.717) is 0 Å². The molecule has 1 atom stereocenters. The molecule has 0 radical (unpaired) electrons. The Morgan fingerprint density at radius 3 is 2.44 bits per heavy atom. The molecule has 0 bridgehead atoms. The van der Waals surface area contributed by atoms with Crippen LogP contribution in [0.25, 0.3) is 10.8 Å². The van der Waals surface area contributed by atoms with Crippen molar-refractivity contribution in [3.05, 3.63) is 48.0 Å². The van der Waals surface area contributed by atoms with Crippen LogP contribution < -0.4 is 5.32 Å². The molecule has 0 amide bonds. The van der Waals surface area contributed by atoms with E-state index < -0.39 is 0 Å². The lowest BCUT2D eigenvalue weighted by atomic mass is 9.91. The summed E-state index contributed by atoms with van der Waals surface area (Å²) in [4.78, 5) is 0. The number of nitrogens with one attached hydrogen (secondary N) is 1. The van der Waals surface area contributed by atoms with Gasteiger partial charge in [-0.3, -0.25) is 0 Å². The van der Waals surface area contributed by atoms with Gasteiger partial charge in [0.2, 0.25) is 0 Å². The lowest BCUT2D eigenvalue weighted by Gasteiger charge is -2.27. The molecular weight excluding hydrogens is 198 g/mol. The summed E-state index contributed by atoms with van der Waals surface area (Å²) in [7, 11) is 1.87. The van der Waals surface area contributed by atoms with Gasteiger partial charge in [0.25, 0.3) is 0 Å². The molecule has 2 N–H and O–H groups in total. The van der Waals surface area contributed by atoms with Crippen LogP contribution >= 0.6 is 0 Å². The Hall–Kier alpha value is -1.38. The number of aliphatic hydroxyl groups is 1. The van der Waals surface area contributed by atoms with Crippen molar-refractivity contribution in [1.82, 2.24) is 5.32 Å². The monoisotopic (exact) mass is 215 g/mol. The summed E-state index contributed by atoms with van der Waals surface area (Å²) < 4.78 is 0. The van der Waals surface area contributed by atoms with Crippen LogP contribution in [0.3, 0.4) is 0 Å². The van der Waals surface area contributed by atoms with Crippen molar-refractivity contribution in [2.75, 3.05) is 13.7 Å². The number of fused-ring (bicyclic) bond motifs is 1. The highest BCUT2D eigenvalue weighted by Crippen LogP contribution is 2.24. The van der Waals surface area contributed by atoms with Crippen LogP contribution in [-0.2, 0) is 5.54 Å². The van der Waals surface area contributed by atoms with E-state index in [9.17, 15) is 5.11 Å². The molecule has 0 heterocycles. The molecular formula is C14H17NO. The number of likely N-dealkylation sites (N-methyl/N-ethyl adjacent to an activating group) is 1. The lowest BCUT2D eigenvalue weighted by Crippen LogP contribution is -2.40. The predicted octanol–water partition coefficient (Wildman–Crippen LogP) is 2.27. The summed E-state index contributed by atoms with van der Waals surface area (Å²) in [6.07, 6.45) is 0. The average molecular weight is 215 g/mol. The maximum absolute atomic E-state index is 9.45. The third-order valence-electron chi connectivity index (χ3n) is 3.25. The maximum atomic E-state index is 9.45. The number of benzene rings is 2. The molecule has 0 fully saturated rings. The van der Waals surface area contributed by atoms with Crippen molar-refractivity contribution < 1.29 is 5.11 Å². The van der Waals surface area contributed by atoms with Crippen molar-refractivity contribution in [2.45, 2.75) is 12.5 Å². The van der Waals surface area contributed by atoms with Gasteiger partial charge in [0, 0.05) is 0 Å². The van der Waals surface area contributed by atoms with Crippen molar-refractivity contribution in [3.63, 3.8) is 0 Å². The molecule has 2 nitrogen and oxygen atoms in total. The Morgan fingerprint density at radius 2 is 1.81 bits per heavy atom. The van der Waals surface area contributed by atoms with E-state index in [-0.39, 0.29) is 12.1 Å². The fourth-order valence-electron chi connectivity index (χ4n) is 1.85. The van der Waals surface area contributed by atoms with Gasteiger partial charge in [0.05, 0.1) is 12.1 Å². The van der Waals surface area contributed by atoms with Crippen LogP contribution in [0.15, 0.2) is 42.5 Å². The Kier molecular flexibility index (Phi) is 2.95. The van der Waals surface area contributed by atoms with Gasteiger partial charge in [-0.1, -0.05) is 36.4 Å². The smallest absolute Gasteiger partial charge is 0.0652 e. The third kappa shape index (κ3) is 1.82. The Balaban J connectivity index is 2.54. The van der Waals surface area contributed by atoms with E-state index in [1.165, 1.54) is 10.8 Å². The van der Waals surface area contributed by atoms with Gasteiger partial charge in [-0.2, -0.15) is 0 Å². The molecule has 2 rings (SSSR count). The largest absolute Gasteiger partial charge is 0.394 e. The Bertz CT molecular complexity index is 489. The minimum atomic E-state index is -0.371. The Morgan fingerprint density at radius 1 is 1.12 bits per heavy atom. The number of rotatable bonds is 3. The second kappa shape index (κ2) is 4.24. The van der Waals surface area contributed by atoms with Gasteiger partial charge < -0.3 is 10.4 Å². The van der Waals surface area contributed by atoms with Crippen molar-refractivity contribution in [2.24, 2.45) is 0 Å². The van der Waals surface area contributed by atoms with Crippen molar-refractivity contribution >= 4 is 10.8 Å². The minimum absolute atomic E-state index is 0.0852. The molecule has 2 aromatic rings. The van der Waals surface area contributed by atoms with Gasteiger partial charge in [0.1, 0.15) is 0 Å². The summed E-state index contributed by atoms with van der Waals surface area (Å²) in [5.74, 6) is 0. The maximum Gasteiger partial charge on any atom is 0.0652 e. The summed E-state index contributed by atoms with van der Waals surface area (Å²) >= 11 is 0. The minimum Gasteiger partial charge on any atom is -0.394 e. The standard InChI is InChI=1S/C14H17NO/c1-14(10-16,15-2)13-8-7-11-5-3-4-6-12(11)9-13/h3-9,15-16H,10H2,1-2H3. The van der Waals surface area contributed by atoms with Gasteiger partial charge in [-0.05, 0) is 36.4 Å². The molecule has 16 heavy (non-hydrogen) atoms. The highest BCUT2D eigenvalue weighted by atomic mass is 16.3. The fraction of sp³-hybridized carbons (Fsp3) is 0.286. The number of hydrogen-bond donors (Lipinski definition) is 2. The first kappa shape index (κ1) is 11.1. The van der Waals surface area contributed by atoms with Crippen LogP contribution in [0.1, 0.15) is 12.5 Å². The molecule has 0 aliphatic heterocycles. The summed E-state index contributed by atoms with van der Waals surface area (Å²) in [6.45, 7) is 2.08. The van der Waals surface area contributed by atoms with Gasteiger partial charge in [-0.25, -0.2) is 0 Å². The SMILES string of the molecule is CNC(C)(CO)c1ccc2ccccc2c1. The molecule has 0 aliphatic rings. The van der Waals surface area contributed by atoms with Crippen LogP contribution in [0.4, 0.5) is 0 Å². The number of aliphatic hydroxyl groups excluding tert-OH is 1. The van der Waals surface area contributed by atoms with Gasteiger partial charge >= 0.3 is 0 Å². The first-order chi connectivity index (χ1) is 7.69. The third-order valence-corrected chi connectivity index (χ3v) is 3.25. The first-order valence-electron chi connectivity index (χ1n) is 5.49. The summed E-state index contributed by atoms with van der Waals surface area (Å²) in [5, 5.41) is 15.0. The number of hydrogen-bond acceptors (Lipinski definition) is 2. The van der Waals surface area contributed by atoms with E-state index in [2.05, 4.69) is 35.6 Å². The predicted molar refractivity (Wildman–Crippen MR) is 67.4 cm³/mol. The average Bonchev–Trinajstić information content (AvgIpc) is 2.37. The molecule has 84 valence electrons. The second-order valence-corrected chi connectivity index (χ2v) is 4.30. The summed E-state index contributed by atoms with van der Waals surface area (Å²) in [5.41, 5.74) is 0.737. The zero-order chi connectivity index (χ0) is 11.6. The molecule has 0 saturated carbocycles. The van der Waals surface area contributed by atoms with Crippen LogP contribution in [0, 0.1) is 0 Å².